The lowest BCUT2D eigenvalue weighted by atomic mass is 10.1. The predicted octanol–water partition coefficient (Wildman–Crippen LogP) is 1.07. The van der Waals surface area contributed by atoms with E-state index in [4.69, 9.17) is 5.73 Å². The fraction of sp³-hybridized carbons (Fsp3) is 0.200. The molecular weight excluding hydrogens is 178 g/mol. The molecule has 0 aliphatic rings. The number of rotatable bonds is 1. The first-order valence-corrected chi connectivity index (χ1v) is 4.48. The second-order valence-corrected chi connectivity index (χ2v) is 3.13. The monoisotopic (exact) mass is 189 g/mol. The van der Waals surface area contributed by atoms with E-state index in [0.29, 0.717) is 11.3 Å². The molecule has 0 bridgehead atoms. The third-order valence-corrected chi connectivity index (χ3v) is 2.26. The van der Waals surface area contributed by atoms with E-state index in [0.717, 1.165) is 17.4 Å². The topological polar surface area (TPSA) is 71.8 Å². The lowest BCUT2D eigenvalue weighted by Gasteiger charge is -2.04. The zero-order valence-electron chi connectivity index (χ0n) is 7.87. The van der Waals surface area contributed by atoms with Gasteiger partial charge in [-0.3, -0.25) is 4.79 Å². The minimum absolute atomic E-state index is 0.153. The number of nitrogen functional groups attached to an aromatic ring is 1. The van der Waals surface area contributed by atoms with Gasteiger partial charge in [-0.15, -0.1) is 0 Å². The number of nitrogens with zero attached hydrogens (tertiary/aromatic N) is 1. The van der Waals surface area contributed by atoms with E-state index < -0.39 is 0 Å². The van der Waals surface area contributed by atoms with Gasteiger partial charge in [-0.1, -0.05) is 6.92 Å². The van der Waals surface area contributed by atoms with Gasteiger partial charge < -0.3 is 10.7 Å². The van der Waals surface area contributed by atoms with E-state index in [1.165, 1.54) is 6.07 Å². The van der Waals surface area contributed by atoms with Crippen molar-refractivity contribution < 1.29 is 0 Å². The summed E-state index contributed by atoms with van der Waals surface area (Å²) in [7, 11) is 0. The number of fused-ring (bicyclic) bond motifs is 1. The van der Waals surface area contributed by atoms with Crippen LogP contribution in [0.1, 0.15) is 12.5 Å². The van der Waals surface area contributed by atoms with Crippen molar-refractivity contribution in [3.05, 3.63) is 34.2 Å². The Morgan fingerprint density at radius 2 is 2.29 bits per heavy atom. The number of anilines is 1. The molecule has 0 aliphatic carbocycles. The third kappa shape index (κ3) is 1.25. The molecule has 4 nitrogen and oxygen atoms in total. The molecule has 0 atom stereocenters. The first-order chi connectivity index (χ1) is 6.72. The molecule has 0 amide bonds. The van der Waals surface area contributed by atoms with E-state index in [1.807, 2.05) is 6.92 Å². The van der Waals surface area contributed by atoms with Gasteiger partial charge in [0.2, 0.25) is 5.56 Å². The van der Waals surface area contributed by atoms with Crippen LogP contribution < -0.4 is 11.3 Å². The smallest absolute Gasteiger partial charge is 0.248 e. The maximum Gasteiger partial charge on any atom is 0.248 e. The number of aromatic nitrogens is 2. The Balaban J connectivity index is 2.91. The van der Waals surface area contributed by atoms with Crippen LogP contribution in [-0.2, 0) is 6.42 Å². The van der Waals surface area contributed by atoms with Gasteiger partial charge in [0.05, 0.1) is 5.52 Å². The quantitative estimate of drug-likeness (QED) is 0.704. The van der Waals surface area contributed by atoms with Crippen molar-refractivity contribution in [2.45, 2.75) is 13.3 Å². The fourth-order valence-corrected chi connectivity index (χ4v) is 1.51. The van der Waals surface area contributed by atoms with Crippen molar-refractivity contribution in [2.75, 3.05) is 5.73 Å². The number of pyridine rings is 2. The Morgan fingerprint density at radius 1 is 1.50 bits per heavy atom. The molecule has 72 valence electrons. The molecule has 0 spiro atoms. The summed E-state index contributed by atoms with van der Waals surface area (Å²) < 4.78 is 0. The summed E-state index contributed by atoms with van der Waals surface area (Å²) in [6, 6.07) is 3.28. The van der Waals surface area contributed by atoms with Crippen LogP contribution in [0.15, 0.2) is 23.1 Å². The summed E-state index contributed by atoms with van der Waals surface area (Å²) in [6.45, 7) is 2.04. The normalized spacial score (nSPS) is 10.6. The van der Waals surface area contributed by atoms with Crippen LogP contribution in [0.3, 0.4) is 0 Å². The van der Waals surface area contributed by atoms with Crippen molar-refractivity contribution in [2.24, 2.45) is 0 Å². The van der Waals surface area contributed by atoms with E-state index in [-0.39, 0.29) is 5.56 Å². The highest BCUT2D eigenvalue weighted by Gasteiger charge is 2.04. The van der Waals surface area contributed by atoms with Crippen LogP contribution in [0.25, 0.3) is 10.9 Å². The molecule has 2 aromatic rings. The summed E-state index contributed by atoms with van der Waals surface area (Å²) >= 11 is 0. The number of hydrogen-bond donors (Lipinski definition) is 2. The highest BCUT2D eigenvalue weighted by Crippen LogP contribution is 2.18. The van der Waals surface area contributed by atoms with Crippen LogP contribution >= 0.6 is 0 Å². The summed E-state index contributed by atoms with van der Waals surface area (Å²) in [5.74, 6) is 0.370. The number of nitrogens with two attached hydrogens (primary N) is 1. The summed E-state index contributed by atoms with van der Waals surface area (Å²) in [5, 5.41) is 0.972. The lowest BCUT2D eigenvalue weighted by molar-refractivity contribution is 1.12. The zero-order valence-corrected chi connectivity index (χ0v) is 7.87. The number of H-pyrrole nitrogens is 1. The first-order valence-electron chi connectivity index (χ1n) is 4.48. The van der Waals surface area contributed by atoms with Crippen LogP contribution in [-0.4, -0.2) is 9.97 Å². The van der Waals surface area contributed by atoms with Crippen molar-refractivity contribution in [1.82, 2.24) is 9.97 Å². The van der Waals surface area contributed by atoms with E-state index in [1.54, 1.807) is 12.3 Å². The van der Waals surface area contributed by atoms with Crippen LogP contribution in [0, 0.1) is 0 Å². The van der Waals surface area contributed by atoms with Crippen LogP contribution in [0.5, 0.6) is 0 Å². The summed E-state index contributed by atoms with van der Waals surface area (Å²) in [5.41, 5.74) is 7.24. The second kappa shape index (κ2) is 3.14. The Hall–Kier alpha value is -1.84. The molecule has 4 heteroatoms. The third-order valence-electron chi connectivity index (χ3n) is 2.26. The maximum absolute atomic E-state index is 11.1. The van der Waals surface area contributed by atoms with Crippen LogP contribution in [0.2, 0.25) is 0 Å². The highest BCUT2D eigenvalue weighted by atomic mass is 16.1. The van der Waals surface area contributed by atoms with Gasteiger partial charge in [-0.2, -0.15) is 0 Å². The molecule has 2 heterocycles. The molecule has 0 radical (unpaired) electrons. The predicted molar refractivity (Wildman–Crippen MR) is 56.2 cm³/mol. The van der Waals surface area contributed by atoms with Gasteiger partial charge >= 0.3 is 0 Å². The molecule has 0 saturated heterocycles. The first kappa shape index (κ1) is 8.74. The number of aryl methyl sites for hydroxylation is 1. The Kier molecular flexibility index (Phi) is 1.96. The highest BCUT2D eigenvalue weighted by molar-refractivity contribution is 5.89. The fourth-order valence-electron chi connectivity index (χ4n) is 1.51. The SMILES string of the molecule is CCc1cnc(N)c2[nH]c(=O)ccc12. The van der Waals surface area contributed by atoms with Gasteiger partial charge in [0.15, 0.2) is 0 Å². The van der Waals surface area contributed by atoms with Gasteiger partial charge in [0, 0.05) is 17.6 Å². The van der Waals surface area contributed by atoms with Gasteiger partial charge in [-0.25, -0.2) is 4.98 Å². The van der Waals surface area contributed by atoms with Crippen molar-refractivity contribution in [3.8, 4) is 0 Å². The molecule has 0 unspecified atom stereocenters. The van der Waals surface area contributed by atoms with Gasteiger partial charge in [-0.05, 0) is 18.1 Å². The molecule has 3 N–H and O–H groups in total. The zero-order chi connectivity index (χ0) is 10.1. The molecule has 2 aromatic heterocycles. The Bertz CT molecular complexity index is 530. The van der Waals surface area contributed by atoms with Gasteiger partial charge in [0.25, 0.3) is 0 Å². The molecule has 14 heavy (non-hydrogen) atoms. The average molecular weight is 189 g/mol. The summed E-state index contributed by atoms with van der Waals surface area (Å²) in [4.78, 5) is 17.8. The number of aromatic amines is 1. The molecule has 0 fully saturated rings. The largest absolute Gasteiger partial charge is 0.382 e. The summed E-state index contributed by atoms with van der Waals surface area (Å²) in [6.07, 6.45) is 2.62. The molecule has 0 aliphatic heterocycles. The number of nitrogens with one attached hydrogen (secondary N) is 1. The van der Waals surface area contributed by atoms with Crippen molar-refractivity contribution in [1.29, 1.82) is 0 Å². The lowest BCUT2D eigenvalue weighted by Crippen LogP contribution is -2.06. The number of hydrogen-bond acceptors (Lipinski definition) is 3. The molecule has 0 saturated carbocycles. The Labute approximate surface area is 80.8 Å². The standard InChI is InChI=1S/C10H11N3O/c1-2-6-5-12-10(11)9-7(6)3-4-8(14)13-9/h3-5H,2H2,1H3,(H2,11,12)(H,13,14). The minimum atomic E-state index is -0.153. The van der Waals surface area contributed by atoms with E-state index in [2.05, 4.69) is 9.97 Å². The van der Waals surface area contributed by atoms with E-state index >= 15 is 0 Å². The second-order valence-electron chi connectivity index (χ2n) is 3.13. The molecule has 0 aromatic carbocycles. The average Bonchev–Trinajstić information content (AvgIpc) is 2.19. The van der Waals surface area contributed by atoms with Gasteiger partial charge in [0.1, 0.15) is 5.82 Å². The van der Waals surface area contributed by atoms with Crippen LogP contribution in [0.4, 0.5) is 5.82 Å². The maximum atomic E-state index is 11.1. The molecular formula is C10H11N3O. The van der Waals surface area contributed by atoms with E-state index in [9.17, 15) is 4.79 Å². The Morgan fingerprint density at radius 3 is 3.00 bits per heavy atom. The van der Waals surface area contributed by atoms with Crippen molar-refractivity contribution >= 4 is 16.7 Å². The minimum Gasteiger partial charge on any atom is -0.382 e. The molecule has 2 rings (SSSR count). The van der Waals surface area contributed by atoms with Crippen molar-refractivity contribution in [3.63, 3.8) is 0 Å².